The van der Waals surface area contributed by atoms with Gasteiger partial charge in [0.05, 0.1) is 24.7 Å². The molecule has 0 bridgehead atoms. The lowest BCUT2D eigenvalue weighted by atomic mass is 10.3. The van der Waals surface area contributed by atoms with Crippen molar-refractivity contribution in [2.75, 3.05) is 13.2 Å². The van der Waals surface area contributed by atoms with Crippen LogP contribution in [0.25, 0.3) is 0 Å². The second-order valence-electron chi connectivity index (χ2n) is 2.93. The molecule has 72 valence electrons. The standard InChI is InChI=1S/C8H11NO3S/c1-8(11-2-3-12-8)7-9-4-6(5-10)13-7/h4,10H,2-3,5H2,1H3. The molecule has 5 heteroatoms. The van der Waals surface area contributed by atoms with Crippen LogP contribution in [0.1, 0.15) is 16.8 Å². The van der Waals surface area contributed by atoms with Crippen molar-refractivity contribution in [2.45, 2.75) is 19.3 Å². The highest BCUT2D eigenvalue weighted by Gasteiger charge is 2.36. The van der Waals surface area contributed by atoms with Crippen molar-refractivity contribution in [3.05, 3.63) is 16.1 Å². The molecule has 4 nitrogen and oxygen atoms in total. The average molecular weight is 201 g/mol. The fourth-order valence-electron chi connectivity index (χ4n) is 1.23. The molecule has 1 saturated heterocycles. The summed E-state index contributed by atoms with van der Waals surface area (Å²) in [5, 5.41) is 9.64. The van der Waals surface area contributed by atoms with Gasteiger partial charge in [0, 0.05) is 6.20 Å². The highest BCUT2D eigenvalue weighted by atomic mass is 32.1. The molecular formula is C8H11NO3S. The molecule has 1 aromatic rings. The van der Waals surface area contributed by atoms with E-state index in [4.69, 9.17) is 14.6 Å². The van der Waals surface area contributed by atoms with Gasteiger partial charge in [-0.1, -0.05) is 0 Å². The first-order valence-corrected chi connectivity index (χ1v) is 4.90. The van der Waals surface area contributed by atoms with E-state index in [0.29, 0.717) is 13.2 Å². The number of nitrogens with zero attached hydrogens (tertiary/aromatic N) is 1. The van der Waals surface area contributed by atoms with Crippen LogP contribution in [0.4, 0.5) is 0 Å². The van der Waals surface area contributed by atoms with Gasteiger partial charge >= 0.3 is 0 Å². The third-order valence-electron chi connectivity index (χ3n) is 1.94. The molecule has 1 aliphatic heterocycles. The van der Waals surface area contributed by atoms with Crippen LogP contribution >= 0.6 is 11.3 Å². The van der Waals surface area contributed by atoms with E-state index in [1.165, 1.54) is 11.3 Å². The fraction of sp³-hybridized carbons (Fsp3) is 0.625. The van der Waals surface area contributed by atoms with Crippen LogP contribution in [0.3, 0.4) is 0 Å². The smallest absolute Gasteiger partial charge is 0.219 e. The first-order chi connectivity index (χ1) is 6.24. The lowest BCUT2D eigenvalue weighted by Gasteiger charge is -2.18. The van der Waals surface area contributed by atoms with Crippen LogP contribution in [-0.4, -0.2) is 23.3 Å². The summed E-state index contributed by atoms with van der Waals surface area (Å²) in [6.45, 7) is 3.07. The molecule has 13 heavy (non-hydrogen) atoms. The molecule has 0 aliphatic carbocycles. The normalized spacial score (nSPS) is 20.8. The van der Waals surface area contributed by atoms with Crippen molar-refractivity contribution in [2.24, 2.45) is 0 Å². The summed E-state index contributed by atoms with van der Waals surface area (Å²) in [7, 11) is 0. The maximum atomic E-state index is 8.87. The van der Waals surface area contributed by atoms with Crippen molar-refractivity contribution < 1.29 is 14.6 Å². The van der Waals surface area contributed by atoms with E-state index in [9.17, 15) is 0 Å². The third kappa shape index (κ3) is 1.60. The first-order valence-electron chi connectivity index (χ1n) is 4.08. The second-order valence-corrected chi connectivity index (χ2v) is 4.05. The first kappa shape index (κ1) is 9.08. The Morgan fingerprint density at radius 1 is 1.62 bits per heavy atom. The Morgan fingerprint density at radius 3 is 2.85 bits per heavy atom. The quantitative estimate of drug-likeness (QED) is 0.771. The molecule has 0 aromatic carbocycles. The minimum absolute atomic E-state index is 0.0216. The summed E-state index contributed by atoms with van der Waals surface area (Å²) in [4.78, 5) is 4.98. The molecule has 1 N–H and O–H groups in total. The van der Waals surface area contributed by atoms with Gasteiger partial charge < -0.3 is 14.6 Å². The van der Waals surface area contributed by atoms with Gasteiger partial charge in [-0.25, -0.2) is 4.98 Å². The Kier molecular flexibility index (Phi) is 2.33. The number of hydrogen-bond acceptors (Lipinski definition) is 5. The minimum Gasteiger partial charge on any atom is -0.391 e. The summed E-state index contributed by atoms with van der Waals surface area (Å²) in [6.07, 6.45) is 1.65. The van der Waals surface area contributed by atoms with Crippen LogP contribution in [0, 0.1) is 0 Å². The fourth-order valence-corrected chi connectivity index (χ4v) is 2.06. The van der Waals surface area contributed by atoms with E-state index < -0.39 is 5.79 Å². The minimum atomic E-state index is -0.696. The summed E-state index contributed by atoms with van der Waals surface area (Å²) in [5.41, 5.74) is 0. The van der Waals surface area contributed by atoms with Crippen LogP contribution in [0.5, 0.6) is 0 Å². The molecule has 0 amide bonds. The molecule has 0 spiro atoms. The van der Waals surface area contributed by atoms with Gasteiger partial charge in [-0.3, -0.25) is 0 Å². The molecule has 0 saturated carbocycles. The Morgan fingerprint density at radius 2 is 2.31 bits per heavy atom. The number of aliphatic hydroxyl groups excluding tert-OH is 1. The van der Waals surface area contributed by atoms with E-state index in [1.807, 2.05) is 6.92 Å². The molecule has 0 radical (unpaired) electrons. The Hall–Kier alpha value is -0.490. The summed E-state index contributed by atoms with van der Waals surface area (Å²) in [6, 6.07) is 0. The highest BCUT2D eigenvalue weighted by molar-refractivity contribution is 7.11. The second kappa shape index (κ2) is 3.34. The zero-order chi connectivity index (χ0) is 9.31. The molecule has 1 aromatic heterocycles. The highest BCUT2D eigenvalue weighted by Crippen LogP contribution is 2.33. The van der Waals surface area contributed by atoms with Crippen molar-refractivity contribution in [1.82, 2.24) is 4.98 Å². The largest absolute Gasteiger partial charge is 0.391 e. The van der Waals surface area contributed by atoms with Gasteiger partial charge in [0.15, 0.2) is 5.01 Å². The van der Waals surface area contributed by atoms with Gasteiger partial charge in [0.2, 0.25) is 5.79 Å². The molecule has 2 heterocycles. The average Bonchev–Trinajstić information content (AvgIpc) is 2.72. The van der Waals surface area contributed by atoms with Crippen molar-refractivity contribution in [1.29, 1.82) is 0 Å². The molecule has 2 rings (SSSR count). The van der Waals surface area contributed by atoms with E-state index >= 15 is 0 Å². The van der Waals surface area contributed by atoms with Gasteiger partial charge in [-0.15, -0.1) is 11.3 Å². The monoisotopic (exact) mass is 201 g/mol. The summed E-state index contributed by atoms with van der Waals surface area (Å²) >= 11 is 1.42. The number of ether oxygens (including phenoxy) is 2. The van der Waals surface area contributed by atoms with Gasteiger partial charge in [0.25, 0.3) is 0 Å². The number of aliphatic hydroxyl groups is 1. The Balaban J connectivity index is 2.23. The van der Waals surface area contributed by atoms with E-state index in [2.05, 4.69) is 4.98 Å². The number of hydrogen-bond donors (Lipinski definition) is 1. The summed E-state index contributed by atoms with van der Waals surface area (Å²) in [5.74, 6) is -0.696. The zero-order valence-electron chi connectivity index (χ0n) is 7.32. The van der Waals surface area contributed by atoms with Gasteiger partial charge in [0.1, 0.15) is 0 Å². The SMILES string of the molecule is CC1(c2ncc(CO)s2)OCCO1. The molecule has 0 unspecified atom stereocenters. The topological polar surface area (TPSA) is 51.6 Å². The Labute approximate surface area is 80.1 Å². The van der Waals surface area contributed by atoms with Crippen LogP contribution in [0.2, 0.25) is 0 Å². The lowest BCUT2D eigenvalue weighted by molar-refractivity contribution is -0.149. The summed E-state index contributed by atoms with van der Waals surface area (Å²) < 4.78 is 10.9. The van der Waals surface area contributed by atoms with Crippen molar-refractivity contribution in [3.63, 3.8) is 0 Å². The number of thiazole rings is 1. The van der Waals surface area contributed by atoms with Crippen molar-refractivity contribution in [3.8, 4) is 0 Å². The maximum absolute atomic E-state index is 8.87. The Bertz CT molecular complexity index is 293. The van der Waals surface area contributed by atoms with Gasteiger partial charge in [-0.2, -0.15) is 0 Å². The molecule has 1 aliphatic rings. The third-order valence-corrected chi connectivity index (χ3v) is 3.10. The number of rotatable bonds is 2. The van der Waals surface area contributed by atoms with Gasteiger partial charge in [-0.05, 0) is 6.92 Å². The maximum Gasteiger partial charge on any atom is 0.219 e. The predicted octanol–water partition coefficient (Wildman–Crippen LogP) is 0.855. The van der Waals surface area contributed by atoms with E-state index in [0.717, 1.165) is 9.88 Å². The van der Waals surface area contributed by atoms with E-state index in [-0.39, 0.29) is 6.61 Å². The van der Waals surface area contributed by atoms with Crippen LogP contribution < -0.4 is 0 Å². The van der Waals surface area contributed by atoms with Crippen molar-refractivity contribution >= 4 is 11.3 Å². The molecular weight excluding hydrogens is 190 g/mol. The predicted molar refractivity (Wildman–Crippen MR) is 47.3 cm³/mol. The lowest BCUT2D eigenvalue weighted by Crippen LogP contribution is -2.21. The van der Waals surface area contributed by atoms with Crippen LogP contribution in [0.15, 0.2) is 6.20 Å². The molecule has 0 atom stereocenters. The molecule has 1 fully saturated rings. The van der Waals surface area contributed by atoms with Crippen LogP contribution in [-0.2, 0) is 21.9 Å². The zero-order valence-corrected chi connectivity index (χ0v) is 8.13. The number of aromatic nitrogens is 1. The van der Waals surface area contributed by atoms with E-state index in [1.54, 1.807) is 6.20 Å².